The van der Waals surface area contributed by atoms with Crippen LogP contribution < -0.4 is 0 Å². The molecule has 1 aromatic rings. The Morgan fingerprint density at radius 3 is 2.38 bits per heavy atom. The Morgan fingerprint density at radius 1 is 1.25 bits per heavy atom. The zero-order valence-electron chi connectivity index (χ0n) is 13.6. The van der Waals surface area contributed by atoms with Crippen LogP contribution in [0.1, 0.15) is 40.5 Å². The molecule has 1 fully saturated rings. The van der Waals surface area contributed by atoms with Gasteiger partial charge in [0.1, 0.15) is 5.54 Å². The Morgan fingerprint density at radius 2 is 1.83 bits per heavy atom. The molecule has 8 heteroatoms. The molecule has 0 saturated heterocycles. The second-order valence-electron chi connectivity index (χ2n) is 6.38. The van der Waals surface area contributed by atoms with Crippen LogP contribution in [0.25, 0.3) is 0 Å². The molecule has 0 spiro atoms. The fourth-order valence-corrected chi connectivity index (χ4v) is 4.49. The van der Waals surface area contributed by atoms with Crippen LogP contribution in [-0.2, 0) is 10.0 Å². The standard InChI is InChI=1S/C16H17N3O4S/c1-16(9-17,10-4-5-10)19(3)24(22,23)11-6-7-12-13(8-11)15(21)18(2)14(12)20/h6-8,10H,4-5H2,1-3H3/t16-/m0/s1. The van der Waals surface area contributed by atoms with Gasteiger partial charge in [-0.1, -0.05) is 0 Å². The van der Waals surface area contributed by atoms with E-state index in [0.717, 1.165) is 22.0 Å². The highest BCUT2D eigenvalue weighted by molar-refractivity contribution is 7.89. The zero-order chi connectivity index (χ0) is 17.9. The molecule has 2 aliphatic rings. The number of fused-ring (bicyclic) bond motifs is 1. The molecule has 2 amide bonds. The van der Waals surface area contributed by atoms with Crippen LogP contribution in [0.5, 0.6) is 0 Å². The normalized spacial score (nSPS) is 20.0. The van der Waals surface area contributed by atoms with Gasteiger partial charge in [-0.2, -0.15) is 9.57 Å². The third kappa shape index (κ3) is 2.16. The number of imide groups is 1. The van der Waals surface area contributed by atoms with Gasteiger partial charge in [-0.05, 0) is 43.9 Å². The van der Waals surface area contributed by atoms with Gasteiger partial charge in [0.25, 0.3) is 11.8 Å². The number of hydrogen-bond donors (Lipinski definition) is 0. The first-order valence-electron chi connectivity index (χ1n) is 7.51. The molecule has 1 heterocycles. The molecule has 0 aromatic heterocycles. The lowest BCUT2D eigenvalue weighted by Crippen LogP contribution is -2.47. The van der Waals surface area contributed by atoms with Gasteiger partial charge in [0.05, 0.1) is 22.1 Å². The molecular formula is C16H17N3O4S. The summed E-state index contributed by atoms with van der Waals surface area (Å²) in [5, 5.41) is 9.48. The molecule has 1 aliphatic heterocycles. The van der Waals surface area contributed by atoms with E-state index in [0.29, 0.717) is 0 Å². The summed E-state index contributed by atoms with van der Waals surface area (Å²) in [6.07, 6.45) is 1.62. The number of hydrogen-bond acceptors (Lipinski definition) is 5. The first-order chi connectivity index (χ1) is 11.1. The maximum Gasteiger partial charge on any atom is 0.261 e. The van der Waals surface area contributed by atoms with Crippen molar-refractivity contribution in [3.63, 3.8) is 0 Å². The molecule has 1 atom stereocenters. The van der Waals surface area contributed by atoms with Crippen molar-refractivity contribution in [2.75, 3.05) is 14.1 Å². The average Bonchev–Trinajstić information content (AvgIpc) is 3.40. The van der Waals surface area contributed by atoms with E-state index in [1.54, 1.807) is 6.92 Å². The number of rotatable bonds is 4. The van der Waals surface area contributed by atoms with Crippen molar-refractivity contribution in [2.45, 2.75) is 30.2 Å². The molecule has 0 unspecified atom stereocenters. The van der Waals surface area contributed by atoms with Crippen molar-refractivity contribution in [3.8, 4) is 6.07 Å². The maximum atomic E-state index is 12.9. The predicted molar refractivity (Wildman–Crippen MR) is 84.6 cm³/mol. The smallest absolute Gasteiger partial charge is 0.261 e. The van der Waals surface area contributed by atoms with E-state index in [4.69, 9.17) is 0 Å². The van der Waals surface area contributed by atoms with E-state index >= 15 is 0 Å². The number of carbonyl (C=O) groups is 2. The lowest BCUT2D eigenvalue weighted by Gasteiger charge is -2.32. The Hall–Kier alpha value is -2.24. The van der Waals surface area contributed by atoms with E-state index in [-0.39, 0.29) is 21.9 Å². The number of sulfonamides is 1. The summed E-state index contributed by atoms with van der Waals surface area (Å²) in [5.74, 6) is -0.974. The largest absolute Gasteiger partial charge is 0.277 e. The second kappa shape index (κ2) is 5.13. The van der Waals surface area contributed by atoms with Crippen molar-refractivity contribution < 1.29 is 18.0 Å². The number of benzene rings is 1. The number of nitrogens with zero attached hydrogens (tertiary/aromatic N) is 3. The zero-order valence-corrected chi connectivity index (χ0v) is 14.4. The van der Waals surface area contributed by atoms with Gasteiger partial charge in [0, 0.05) is 14.1 Å². The third-order valence-electron chi connectivity index (χ3n) is 4.97. The summed E-state index contributed by atoms with van der Waals surface area (Å²) >= 11 is 0. The molecule has 3 rings (SSSR count). The van der Waals surface area contributed by atoms with E-state index in [2.05, 4.69) is 6.07 Å². The van der Waals surface area contributed by atoms with E-state index in [1.165, 1.54) is 32.3 Å². The van der Waals surface area contributed by atoms with E-state index in [1.807, 2.05) is 0 Å². The van der Waals surface area contributed by atoms with Crippen molar-refractivity contribution in [1.29, 1.82) is 5.26 Å². The van der Waals surface area contributed by atoms with Crippen LogP contribution in [0.3, 0.4) is 0 Å². The number of carbonyl (C=O) groups excluding carboxylic acids is 2. The summed E-state index contributed by atoms with van der Waals surface area (Å²) in [7, 11) is -1.23. The van der Waals surface area contributed by atoms with Gasteiger partial charge >= 0.3 is 0 Å². The molecule has 1 saturated carbocycles. The molecule has 24 heavy (non-hydrogen) atoms. The highest BCUT2D eigenvalue weighted by atomic mass is 32.2. The predicted octanol–water partition coefficient (Wildman–Crippen LogP) is 1.23. The van der Waals surface area contributed by atoms with Crippen molar-refractivity contribution >= 4 is 21.8 Å². The quantitative estimate of drug-likeness (QED) is 0.763. The lowest BCUT2D eigenvalue weighted by atomic mass is 9.99. The van der Waals surface area contributed by atoms with Crippen LogP contribution in [0.2, 0.25) is 0 Å². The van der Waals surface area contributed by atoms with Gasteiger partial charge in [0.15, 0.2) is 0 Å². The lowest BCUT2D eigenvalue weighted by molar-refractivity contribution is 0.0693. The van der Waals surface area contributed by atoms with Gasteiger partial charge < -0.3 is 0 Å². The van der Waals surface area contributed by atoms with Crippen LogP contribution in [-0.4, -0.2) is 49.1 Å². The Kier molecular flexibility index (Phi) is 3.55. The third-order valence-corrected chi connectivity index (χ3v) is 6.92. The highest BCUT2D eigenvalue weighted by Crippen LogP contribution is 2.44. The fraction of sp³-hybridized carbons (Fsp3) is 0.438. The number of nitriles is 1. The maximum absolute atomic E-state index is 12.9. The molecule has 0 N–H and O–H groups in total. The van der Waals surface area contributed by atoms with Crippen LogP contribution in [0.4, 0.5) is 0 Å². The second-order valence-corrected chi connectivity index (χ2v) is 8.35. The van der Waals surface area contributed by atoms with Crippen molar-refractivity contribution in [3.05, 3.63) is 29.3 Å². The van der Waals surface area contributed by atoms with Crippen LogP contribution in [0.15, 0.2) is 23.1 Å². The van der Waals surface area contributed by atoms with Crippen LogP contribution in [0, 0.1) is 17.2 Å². The monoisotopic (exact) mass is 347 g/mol. The van der Waals surface area contributed by atoms with Crippen molar-refractivity contribution in [1.82, 2.24) is 9.21 Å². The topological polar surface area (TPSA) is 98.6 Å². The first kappa shape index (κ1) is 16.6. The minimum atomic E-state index is -3.96. The molecule has 1 aliphatic carbocycles. The van der Waals surface area contributed by atoms with Gasteiger partial charge in [0.2, 0.25) is 10.0 Å². The average molecular weight is 347 g/mol. The molecule has 126 valence electrons. The minimum absolute atomic E-state index is 0.00560. The molecular weight excluding hydrogens is 330 g/mol. The Bertz CT molecular complexity index is 898. The van der Waals surface area contributed by atoms with E-state index < -0.39 is 27.4 Å². The summed E-state index contributed by atoms with van der Waals surface area (Å²) in [5.41, 5.74) is -0.870. The minimum Gasteiger partial charge on any atom is -0.277 e. The summed E-state index contributed by atoms with van der Waals surface area (Å²) in [4.78, 5) is 24.8. The molecule has 0 bridgehead atoms. The summed E-state index contributed by atoms with van der Waals surface area (Å²) in [6, 6.07) is 5.98. The van der Waals surface area contributed by atoms with Gasteiger partial charge in [-0.25, -0.2) is 8.42 Å². The van der Waals surface area contributed by atoms with Crippen LogP contribution >= 0.6 is 0 Å². The molecule has 1 aromatic carbocycles. The Balaban J connectivity index is 2.05. The summed E-state index contributed by atoms with van der Waals surface area (Å²) < 4.78 is 26.9. The van der Waals surface area contributed by atoms with Gasteiger partial charge in [-0.3, -0.25) is 14.5 Å². The van der Waals surface area contributed by atoms with Gasteiger partial charge in [-0.15, -0.1) is 0 Å². The SMILES string of the molecule is CN1C(=O)c2ccc(S(=O)(=O)N(C)[C@@](C)(C#N)C3CC3)cc2C1=O. The van der Waals surface area contributed by atoms with Crippen molar-refractivity contribution in [2.24, 2.45) is 5.92 Å². The Labute approximate surface area is 140 Å². The first-order valence-corrected chi connectivity index (χ1v) is 8.95. The highest BCUT2D eigenvalue weighted by Gasteiger charge is 2.49. The molecule has 7 nitrogen and oxygen atoms in total. The fourth-order valence-electron chi connectivity index (χ4n) is 2.97. The van der Waals surface area contributed by atoms with E-state index in [9.17, 15) is 23.3 Å². The number of amides is 2. The molecule has 0 radical (unpaired) electrons. The summed E-state index contributed by atoms with van der Waals surface area (Å²) in [6.45, 7) is 1.61.